The second-order valence-electron chi connectivity index (χ2n) is 5.20. The Bertz CT molecular complexity index is 449. The zero-order valence-electron chi connectivity index (χ0n) is 9.52. The van der Waals surface area contributed by atoms with Crippen molar-refractivity contribution in [2.45, 2.75) is 38.1 Å². The summed E-state index contributed by atoms with van der Waals surface area (Å²) < 4.78 is 0. The highest BCUT2D eigenvalue weighted by atomic mass is 16.4. The van der Waals surface area contributed by atoms with Crippen molar-refractivity contribution in [1.82, 2.24) is 9.97 Å². The second kappa shape index (κ2) is 3.68. The molecule has 17 heavy (non-hydrogen) atoms. The minimum atomic E-state index is -1.01. The minimum absolute atomic E-state index is 0.0418. The molecule has 2 aliphatic rings. The predicted octanol–water partition coefficient (Wildman–Crippen LogP) is 1.92. The van der Waals surface area contributed by atoms with Crippen LogP contribution in [-0.4, -0.2) is 27.1 Å². The average molecular weight is 233 g/mol. The molecule has 0 aromatic carbocycles. The molecular weight excluding hydrogens is 218 g/mol. The molecule has 2 N–H and O–H groups in total. The van der Waals surface area contributed by atoms with Crippen LogP contribution in [-0.2, 0) is 0 Å². The number of aromatic carboxylic acids is 1. The van der Waals surface area contributed by atoms with Crippen molar-refractivity contribution in [3.63, 3.8) is 0 Å². The highest BCUT2D eigenvalue weighted by Gasteiger charge is 2.48. The highest BCUT2D eigenvalue weighted by molar-refractivity contribution is 5.86. The number of hydrogen-bond donors (Lipinski definition) is 2. The predicted molar refractivity (Wildman–Crippen MR) is 61.9 cm³/mol. The minimum Gasteiger partial charge on any atom is -0.477 e. The van der Waals surface area contributed by atoms with E-state index in [4.69, 9.17) is 5.11 Å². The van der Waals surface area contributed by atoms with Gasteiger partial charge in [0.05, 0.1) is 0 Å². The fourth-order valence-corrected chi connectivity index (χ4v) is 2.94. The molecule has 0 atom stereocenters. The van der Waals surface area contributed by atoms with Crippen molar-refractivity contribution >= 4 is 11.8 Å². The van der Waals surface area contributed by atoms with Crippen LogP contribution in [0.3, 0.4) is 0 Å². The van der Waals surface area contributed by atoms with Crippen LogP contribution in [0, 0.1) is 5.41 Å². The molecule has 90 valence electrons. The normalized spacial score (nSPS) is 21.6. The Morgan fingerprint density at radius 1 is 1.41 bits per heavy atom. The number of nitrogens with zero attached hydrogens (tertiary/aromatic N) is 2. The van der Waals surface area contributed by atoms with Gasteiger partial charge in [0.15, 0.2) is 5.69 Å². The Labute approximate surface area is 99.3 Å². The number of carboxylic acids is 1. The van der Waals surface area contributed by atoms with Crippen LogP contribution in [0.15, 0.2) is 12.4 Å². The van der Waals surface area contributed by atoms with Crippen LogP contribution in [0.25, 0.3) is 0 Å². The van der Waals surface area contributed by atoms with Crippen LogP contribution in [0.1, 0.15) is 42.6 Å². The first-order chi connectivity index (χ1) is 8.17. The first-order valence-corrected chi connectivity index (χ1v) is 5.99. The molecule has 0 amide bonds. The molecule has 1 aromatic rings. The monoisotopic (exact) mass is 233 g/mol. The van der Waals surface area contributed by atoms with E-state index in [9.17, 15) is 4.79 Å². The fraction of sp³-hybridized carbons (Fsp3) is 0.583. The Morgan fingerprint density at radius 2 is 2.18 bits per heavy atom. The molecule has 2 aliphatic carbocycles. The number of aromatic nitrogens is 2. The molecule has 0 aliphatic heterocycles. The molecule has 1 aromatic heterocycles. The molecule has 2 fully saturated rings. The summed E-state index contributed by atoms with van der Waals surface area (Å²) in [6, 6.07) is 1.94. The van der Waals surface area contributed by atoms with Gasteiger partial charge < -0.3 is 10.4 Å². The number of carboxylic acid groups (broad SMARTS) is 1. The van der Waals surface area contributed by atoms with Gasteiger partial charge in [0.2, 0.25) is 0 Å². The summed E-state index contributed by atoms with van der Waals surface area (Å²) in [5.74, 6) is -0.393. The summed E-state index contributed by atoms with van der Waals surface area (Å²) in [5.41, 5.74) is 0.653. The van der Waals surface area contributed by atoms with E-state index in [-0.39, 0.29) is 5.69 Å². The van der Waals surface area contributed by atoms with Gasteiger partial charge >= 0.3 is 5.97 Å². The molecule has 5 heteroatoms. The maximum atomic E-state index is 10.8. The number of hydrogen-bond acceptors (Lipinski definition) is 4. The highest BCUT2D eigenvalue weighted by Crippen LogP contribution is 2.56. The summed E-state index contributed by atoms with van der Waals surface area (Å²) >= 11 is 0. The van der Waals surface area contributed by atoms with Crippen molar-refractivity contribution in [2.24, 2.45) is 5.41 Å². The van der Waals surface area contributed by atoms with Crippen LogP contribution in [0.4, 0.5) is 5.82 Å². The molecule has 0 bridgehead atoms. The van der Waals surface area contributed by atoms with Gasteiger partial charge in [-0.15, -0.1) is 0 Å². The summed E-state index contributed by atoms with van der Waals surface area (Å²) in [5, 5.41) is 12.1. The van der Waals surface area contributed by atoms with Gasteiger partial charge in [-0.25, -0.2) is 14.8 Å². The maximum Gasteiger partial charge on any atom is 0.354 e. The Kier molecular flexibility index (Phi) is 2.28. The van der Waals surface area contributed by atoms with E-state index in [0.29, 0.717) is 17.3 Å². The van der Waals surface area contributed by atoms with Gasteiger partial charge in [-0.2, -0.15) is 0 Å². The van der Waals surface area contributed by atoms with Crippen molar-refractivity contribution in [3.8, 4) is 0 Å². The first kappa shape index (κ1) is 10.5. The number of rotatable bonds is 3. The van der Waals surface area contributed by atoms with E-state index in [1.54, 1.807) is 0 Å². The Morgan fingerprint density at radius 3 is 2.76 bits per heavy atom. The summed E-state index contributed by atoms with van der Waals surface area (Å²) in [6.45, 7) is 0. The number of carbonyl (C=O) groups is 1. The van der Waals surface area contributed by atoms with Crippen molar-refractivity contribution < 1.29 is 9.90 Å². The van der Waals surface area contributed by atoms with E-state index < -0.39 is 5.97 Å². The smallest absolute Gasteiger partial charge is 0.354 e. The van der Waals surface area contributed by atoms with E-state index in [1.165, 1.54) is 44.5 Å². The molecule has 5 nitrogen and oxygen atoms in total. The topological polar surface area (TPSA) is 75.1 Å². The molecule has 1 spiro atoms. The SMILES string of the molecule is O=C(O)c1cc(NC2CC3(CCC3)C2)ncn1. The largest absolute Gasteiger partial charge is 0.477 e. The van der Waals surface area contributed by atoms with Crippen molar-refractivity contribution in [3.05, 3.63) is 18.1 Å². The lowest BCUT2D eigenvalue weighted by molar-refractivity contribution is 0.0191. The molecule has 2 saturated carbocycles. The third-order valence-electron chi connectivity index (χ3n) is 4.01. The summed E-state index contributed by atoms with van der Waals surface area (Å²) in [7, 11) is 0. The standard InChI is InChI=1S/C12H15N3O2/c16-11(17)9-4-10(14-7-13-9)15-8-5-12(6-8)2-1-3-12/h4,7-8H,1-3,5-6H2,(H,16,17)(H,13,14,15). The van der Waals surface area contributed by atoms with Crippen molar-refractivity contribution in [1.29, 1.82) is 0 Å². The fourth-order valence-electron chi connectivity index (χ4n) is 2.94. The molecule has 0 radical (unpaired) electrons. The molecule has 0 unspecified atom stereocenters. The Balaban J connectivity index is 1.62. The average Bonchev–Trinajstić information content (AvgIpc) is 2.20. The van der Waals surface area contributed by atoms with Gasteiger partial charge in [0.1, 0.15) is 12.1 Å². The molecule has 1 heterocycles. The van der Waals surface area contributed by atoms with E-state index in [1.807, 2.05) is 0 Å². The van der Waals surface area contributed by atoms with Crippen molar-refractivity contribution in [2.75, 3.05) is 5.32 Å². The lowest BCUT2D eigenvalue weighted by Gasteiger charge is -2.54. The first-order valence-electron chi connectivity index (χ1n) is 5.99. The third-order valence-corrected chi connectivity index (χ3v) is 4.01. The van der Waals surface area contributed by atoms with Gasteiger partial charge in [-0.1, -0.05) is 6.42 Å². The van der Waals surface area contributed by atoms with Crippen LogP contribution >= 0.6 is 0 Å². The maximum absolute atomic E-state index is 10.8. The van der Waals surface area contributed by atoms with Gasteiger partial charge in [0, 0.05) is 12.1 Å². The quantitative estimate of drug-likeness (QED) is 0.834. The lowest BCUT2D eigenvalue weighted by Crippen LogP contribution is -2.49. The zero-order chi connectivity index (χ0) is 11.9. The third kappa shape index (κ3) is 1.85. The number of nitrogens with one attached hydrogen (secondary N) is 1. The summed E-state index contributed by atoms with van der Waals surface area (Å²) in [4.78, 5) is 18.5. The van der Waals surface area contributed by atoms with Crippen LogP contribution in [0.2, 0.25) is 0 Å². The Hall–Kier alpha value is -1.65. The van der Waals surface area contributed by atoms with E-state index in [2.05, 4.69) is 15.3 Å². The summed E-state index contributed by atoms with van der Waals surface area (Å²) in [6.07, 6.45) is 7.76. The van der Waals surface area contributed by atoms with Gasteiger partial charge in [-0.05, 0) is 31.1 Å². The lowest BCUT2D eigenvalue weighted by atomic mass is 9.54. The van der Waals surface area contributed by atoms with Crippen LogP contribution < -0.4 is 5.32 Å². The van der Waals surface area contributed by atoms with E-state index >= 15 is 0 Å². The number of anilines is 1. The second-order valence-corrected chi connectivity index (χ2v) is 5.20. The zero-order valence-corrected chi connectivity index (χ0v) is 9.52. The van der Waals surface area contributed by atoms with Crippen LogP contribution in [0.5, 0.6) is 0 Å². The molecule has 0 saturated heterocycles. The molecule has 3 rings (SSSR count). The van der Waals surface area contributed by atoms with E-state index in [0.717, 1.165) is 0 Å². The van der Waals surface area contributed by atoms with Gasteiger partial charge in [0.25, 0.3) is 0 Å². The molecular formula is C12H15N3O2. The van der Waals surface area contributed by atoms with Gasteiger partial charge in [-0.3, -0.25) is 0 Å².